The van der Waals surface area contributed by atoms with Gasteiger partial charge >= 0.3 is 0 Å². The average molecular weight is 302 g/mol. The van der Waals surface area contributed by atoms with Crippen LogP contribution in [0.5, 0.6) is 0 Å². The molecule has 1 unspecified atom stereocenters. The maximum atomic E-state index is 5.23. The van der Waals surface area contributed by atoms with E-state index >= 15 is 0 Å². The van der Waals surface area contributed by atoms with Gasteiger partial charge in [-0.1, -0.05) is 18.3 Å². The van der Waals surface area contributed by atoms with Crippen LogP contribution in [-0.2, 0) is 0 Å². The highest BCUT2D eigenvalue weighted by Crippen LogP contribution is 2.52. The monoisotopic (exact) mass is 301 g/mol. The van der Waals surface area contributed by atoms with Crippen LogP contribution in [-0.4, -0.2) is 10.7 Å². The number of hydrogen-bond donors (Lipinski definition) is 0. The van der Waals surface area contributed by atoms with Crippen molar-refractivity contribution in [1.29, 1.82) is 0 Å². The lowest BCUT2D eigenvalue weighted by Gasteiger charge is -2.19. The van der Waals surface area contributed by atoms with Crippen LogP contribution in [0.4, 0.5) is 0 Å². The smallest absolute Gasteiger partial charge is 0.145 e. The lowest BCUT2D eigenvalue weighted by molar-refractivity contribution is 1.01. The van der Waals surface area contributed by atoms with Gasteiger partial charge in [0.1, 0.15) is 3.14 Å². The van der Waals surface area contributed by atoms with Crippen LogP contribution in [0.15, 0.2) is 32.8 Å². The second-order valence-electron chi connectivity index (χ2n) is 3.20. The van der Waals surface area contributed by atoms with Crippen molar-refractivity contribution in [3.8, 4) is 0 Å². The molecular formula is C10H7NS5. The predicted octanol–water partition coefficient (Wildman–Crippen LogP) is 4.87. The summed E-state index contributed by atoms with van der Waals surface area (Å²) in [6.07, 6.45) is 1.87. The maximum Gasteiger partial charge on any atom is 0.145 e. The van der Waals surface area contributed by atoms with E-state index in [1.54, 1.807) is 22.7 Å². The molecule has 82 valence electrons. The molecule has 6 heteroatoms. The van der Waals surface area contributed by atoms with E-state index in [-0.39, 0.29) is 0 Å². The first-order valence-electron chi connectivity index (χ1n) is 4.67. The second kappa shape index (κ2) is 4.78. The zero-order valence-electron chi connectivity index (χ0n) is 8.08. The van der Waals surface area contributed by atoms with E-state index in [0.717, 1.165) is 8.89 Å². The summed E-state index contributed by atoms with van der Waals surface area (Å²) in [6.45, 7) is 0. The lowest BCUT2D eigenvalue weighted by Crippen LogP contribution is -2.02. The number of aromatic nitrogens is 1. The Balaban J connectivity index is 1.91. The third-order valence-corrected chi connectivity index (χ3v) is 8.21. The summed E-state index contributed by atoms with van der Waals surface area (Å²) in [7, 11) is 0. The van der Waals surface area contributed by atoms with Gasteiger partial charge in [0.15, 0.2) is 0 Å². The number of hydrogen-bond acceptors (Lipinski definition) is 6. The van der Waals surface area contributed by atoms with Gasteiger partial charge in [-0.25, -0.2) is 0 Å². The molecule has 1 aliphatic heterocycles. The van der Waals surface area contributed by atoms with Gasteiger partial charge in [-0.05, 0) is 12.1 Å². The summed E-state index contributed by atoms with van der Waals surface area (Å²) in [5.74, 6) is 1.09. The largest absolute Gasteiger partial charge is 0.260 e. The molecule has 2 aromatic rings. The van der Waals surface area contributed by atoms with Crippen LogP contribution in [0.1, 0.15) is 10.9 Å². The number of thioether (sulfide) groups is 2. The zero-order valence-corrected chi connectivity index (χ0v) is 12.2. The van der Waals surface area contributed by atoms with Crippen molar-refractivity contribution in [3.05, 3.63) is 33.2 Å². The molecular weight excluding hydrogens is 294 g/mol. The van der Waals surface area contributed by atoms with E-state index in [9.17, 15) is 0 Å². The lowest BCUT2D eigenvalue weighted by atomic mass is 10.3. The number of fused-ring (bicyclic) bond motifs is 1. The third-order valence-electron chi connectivity index (χ3n) is 2.15. The van der Waals surface area contributed by atoms with Crippen LogP contribution < -0.4 is 0 Å². The van der Waals surface area contributed by atoms with Crippen molar-refractivity contribution in [2.24, 2.45) is 0 Å². The van der Waals surface area contributed by atoms with Gasteiger partial charge < -0.3 is 0 Å². The molecule has 0 amide bonds. The molecule has 0 saturated heterocycles. The minimum absolute atomic E-state index is 0.471. The highest BCUT2D eigenvalue weighted by atomic mass is 32.2. The van der Waals surface area contributed by atoms with Crippen LogP contribution in [0.25, 0.3) is 0 Å². The molecule has 0 saturated carbocycles. The first-order valence-corrected chi connectivity index (χ1v) is 8.58. The van der Waals surface area contributed by atoms with Crippen molar-refractivity contribution in [2.45, 2.75) is 13.7 Å². The summed E-state index contributed by atoms with van der Waals surface area (Å²) in [5.41, 5.74) is 1.18. The fraction of sp³-hybridized carbons (Fsp3) is 0.200. The quantitative estimate of drug-likeness (QED) is 0.696. The first kappa shape index (κ1) is 11.2. The van der Waals surface area contributed by atoms with Gasteiger partial charge in [0.2, 0.25) is 0 Å². The van der Waals surface area contributed by atoms with Gasteiger partial charge in [-0.15, -0.1) is 46.2 Å². The van der Waals surface area contributed by atoms with Crippen LogP contribution in [0.2, 0.25) is 0 Å². The second-order valence-corrected chi connectivity index (χ2v) is 9.19. The number of pyridine rings is 1. The van der Waals surface area contributed by atoms with Crippen molar-refractivity contribution < 1.29 is 0 Å². The van der Waals surface area contributed by atoms with Crippen molar-refractivity contribution in [3.63, 3.8) is 0 Å². The fourth-order valence-corrected chi connectivity index (χ4v) is 8.02. The normalized spacial score (nSPS) is 19.4. The van der Waals surface area contributed by atoms with Gasteiger partial charge in [0.25, 0.3) is 0 Å². The summed E-state index contributed by atoms with van der Waals surface area (Å²) in [4.78, 5) is 4.43. The van der Waals surface area contributed by atoms with Gasteiger partial charge in [0, 0.05) is 11.9 Å². The minimum atomic E-state index is 0.471. The Labute approximate surface area is 115 Å². The molecule has 1 atom stereocenters. The fourth-order valence-electron chi connectivity index (χ4n) is 1.44. The SMILES string of the molecule is S=c1sc2c(s1)SC(c1ccccn1)CS2. The average Bonchev–Trinajstić information content (AvgIpc) is 2.69. The molecule has 2 aromatic heterocycles. The van der Waals surface area contributed by atoms with Gasteiger partial charge in [-0.3, -0.25) is 4.98 Å². The Morgan fingerprint density at radius 3 is 2.94 bits per heavy atom. The van der Waals surface area contributed by atoms with E-state index < -0.39 is 0 Å². The summed E-state index contributed by atoms with van der Waals surface area (Å²) >= 11 is 12.5. The molecule has 0 aliphatic carbocycles. The van der Waals surface area contributed by atoms with E-state index in [1.165, 1.54) is 14.1 Å². The molecule has 3 rings (SSSR count). The number of rotatable bonds is 1. The number of nitrogens with zero attached hydrogens (tertiary/aromatic N) is 1. The Bertz CT molecular complexity index is 544. The summed E-state index contributed by atoms with van der Waals surface area (Å²) < 4.78 is 3.81. The van der Waals surface area contributed by atoms with Crippen molar-refractivity contribution >= 4 is 58.4 Å². The molecule has 0 fully saturated rings. The summed E-state index contributed by atoms with van der Waals surface area (Å²) in [5, 5.41) is 0.471. The minimum Gasteiger partial charge on any atom is -0.260 e. The highest BCUT2D eigenvalue weighted by Gasteiger charge is 2.24. The molecule has 16 heavy (non-hydrogen) atoms. The third kappa shape index (κ3) is 2.22. The Morgan fingerprint density at radius 2 is 2.12 bits per heavy atom. The predicted molar refractivity (Wildman–Crippen MR) is 76.6 cm³/mol. The zero-order chi connectivity index (χ0) is 11.0. The van der Waals surface area contributed by atoms with Crippen LogP contribution >= 0.6 is 58.4 Å². The topological polar surface area (TPSA) is 12.9 Å². The molecule has 3 heterocycles. The van der Waals surface area contributed by atoms with Gasteiger partial charge in [-0.2, -0.15) is 0 Å². The van der Waals surface area contributed by atoms with Crippen molar-refractivity contribution in [2.75, 3.05) is 5.75 Å². The molecule has 0 N–H and O–H groups in total. The van der Waals surface area contributed by atoms with Crippen LogP contribution in [0.3, 0.4) is 0 Å². The van der Waals surface area contributed by atoms with E-state index in [4.69, 9.17) is 12.2 Å². The summed E-state index contributed by atoms with van der Waals surface area (Å²) in [6, 6.07) is 6.12. The molecule has 1 aliphatic rings. The Hall–Kier alpha value is 0.120. The van der Waals surface area contributed by atoms with Gasteiger partial charge in [0.05, 0.1) is 19.4 Å². The molecule has 0 aromatic carbocycles. The van der Waals surface area contributed by atoms with E-state index in [1.807, 2.05) is 35.8 Å². The Kier molecular flexibility index (Phi) is 3.35. The molecule has 0 bridgehead atoms. The standard InChI is InChI=1S/C10H7NS5/c12-10-15-8-9(16-10)14-7(5-13-8)6-3-1-2-4-11-6/h1-4,7H,5H2. The Morgan fingerprint density at radius 1 is 1.25 bits per heavy atom. The molecule has 1 nitrogen and oxygen atoms in total. The first-order chi connectivity index (χ1) is 7.83. The maximum absolute atomic E-state index is 5.23. The van der Waals surface area contributed by atoms with E-state index in [0.29, 0.717) is 5.25 Å². The highest BCUT2D eigenvalue weighted by molar-refractivity contribution is 8.08. The van der Waals surface area contributed by atoms with E-state index in [2.05, 4.69) is 17.1 Å². The molecule has 0 spiro atoms. The van der Waals surface area contributed by atoms with Crippen LogP contribution in [0, 0.1) is 3.14 Å². The van der Waals surface area contributed by atoms with Crippen molar-refractivity contribution in [1.82, 2.24) is 4.98 Å². The molecule has 0 radical (unpaired) electrons.